The van der Waals surface area contributed by atoms with Gasteiger partial charge >= 0.3 is 5.97 Å². The van der Waals surface area contributed by atoms with Gasteiger partial charge in [0.2, 0.25) is 0 Å². The summed E-state index contributed by atoms with van der Waals surface area (Å²) in [5.41, 5.74) is 1.90. The first-order valence-electron chi connectivity index (χ1n) is 6.84. The van der Waals surface area contributed by atoms with Crippen LogP contribution >= 0.6 is 0 Å². The molecule has 0 aromatic heterocycles. The lowest BCUT2D eigenvalue weighted by atomic mass is 10.1. The van der Waals surface area contributed by atoms with Crippen molar-refractivity contribution in [2.24, 2.45) is 0 Å². The molecule has 1 fully saturated rings. The number of hydrogen-bond acceptors (Lipinski definition) is 5. The Labute approximate surface area is 123 Å². The third-order valence-electron chi connectivity index (χ3n) is 3.66. The third kappa shape index (κ3) is 3.39. The van der Waals surface area contributed by atoms with Crippen molar-refractivity contribution in [3.05, 3.63) is 46.5 Å². The number of carbonyl (C=O) groups is 1. The number of non-ortho nitro benzene ring substituents is 1. The van der Waals surface area contributed by atoms with Gasteiger partial charge in [0.15, 0.2) is 0 Å². The van der Waals surface area contributed by atoms with Crippen molar-refractivity contribution in [2.75, 3.05) is 18.1 Å². The molecule has 112 valence electrons. The van der Waals surface area contributed by atoms with Crippen LogP contribution in [0.25, 0.3) is 0 Å². The highest BCUT2D eigenvalue weighted by Crippen LogP contribution is 2.30. The van der Waals surface area contributed by atoms with Crippen molar-refractivity contribution in [1.82, 2.24) is 0 Å². The molecule has 1 saturated heterocycles. The van der Waals surface area contributed by atoms with E-state index in [2.05, 4.69) is 11.5 Å². The molecule has 1 aliphatic heterocycles. The molecule has 6 heteroatoms. The van der Waals surface area contributed by atoms with Crippen LogP contribution in [-0.2, 0) is 9.53 Å². The van der Waals surface area contributed by atoms with Gasteiger partial charge in [-0.2, -0.15) is 0 Å². The highest BCUT2D eigenvalue weighted by atomic mass is 16.6. The van der Waals surface area contributed by atoms with Crippen molar-refractivity contribution in [3.8, 4) is 0 Å². The van der Waals surface area contributed by atoms with Crippen molar-refractivity contribution in [2.45, 2.75) is 25.8 Å². The predicted octanol–water partition coefficient (Wildman–Crippen LogP) is 2.60. The third-order valence-corrected chi connectivity index (χ3v) is 3.66. The number of rotatable bonds is 5. The molecule has 1 heterocycles. The molecule has 1 atom stereocenters. The zero-order valence-electron chi connectivity index (χ0n) is 11.9. The Kier molecular flexibility index (Phi) is 4.57. The van der Waals surface area contributed by atoms with Gasteiger partial charge in [-0.1, -0.05) is 6.58 Å². The van der Waals surface area contributed by atoms with E-state index >= 15 is 0 Å². The van der Waals surface area contributed by atoms with Crippen molar-refractivity contribution >= 4 is 17.3 Å². The van der Waals surface area contributed by atoms with Gasteiger partial charge < -0.3 is 9.64 Å². The van der Waals surface area contributed by atoms with Gasteiger partial charge in [-0.3, -0.25) is 10.1 Å². The Morgan fingerprint density at radius 1 is 1.62 bits per heavy atom. The fourth-order valence-electron chi connectivity index (χ4n) is 2.64. The summed E-state index contributed by atoms with van der Waals surface area (Å²) in [6, 6.07) is 4.95. The maximum Gasteiger partial charge on any atom is 0.330 e. The van der Waals surface area contributed by atoms with Crippen LogP contribution in [0.2, 0.25) is 0 Å². The van der Waals surface area contributed by atoms with Gasteiger partial charge in [0.05, 0.1) is 11.0 Å². The minimum atomic E-state index is -0.428. The van der Waals surface area contributed by atoms with Gasteiger partial charge in [0, 0.05) is 30.4 Å². The standard InChI is InChI=1S/C15H18N2O4/c1-3-15(18)21-10-13-5-4-8-16(13)14-7-6-12(17(19)20)9-11(14)2/h3,6-7,9,13H,1,4-5,8,10H2,2H3. The fraction of sp³-hybridized carbons (Fsp3) is 0.400. The molecular weight excluding hydrogens is 272 g/mol. The maximum atomic E-state index is 11.2. The second-order valence-corrected chi connectivity index (χ2v) is 5.05. The summed E-state index contributed by atoms with van der Waals surface area (Å²) in [4.78, 5) is 23.7. The van der Waals surface area contributed by atoms with E-state index in [9.17, 15) is 14.9 Å². The predicted molar refractivity (Wildman–Crippen MR) is 79.4 cm³/mol. The van der Waals surface area contributed by atoms with Crippen molar-refractivity contribution in [3.63, 3.8) is 0 Å². The van der Waals surface area contributed by atoms with E-state index in [0.717, 1.165) is 36.7 Å². The monoisotopic (exact) mass is 290 g/mol. The number of nitrogens with zero attached hydrogens (tertiary/aromatic N) is 2. The molecule has 1 aliphatic rings. The summed E-state index contributed by atoms with van der Waals surface area (Å²) in [6.07, 6.45) is 3.09. The number of carbonyl (C=O) groups excluding carboxylic acids is 1. The minimum Gasteiger partial charge on any atom is -0.460 e. The first-order chi connectivity index (χ1) is 10.0. The van der Waals surface area contributed by atoms with Gasteiger partial charge in [-0.05, 0) is 31.4 Å². The van der Waals surface area contributed by atoms with Crippen LogP contribution in [0.15, 0.2) is 30.9 Å². The highest BCUT2D eigenvalue weighted by molar-refractivity contribution is 5.81. The van der Waals surface area contributed by atoms with Crippen LogP contribution in [-0.4, -0.2) is 30.1 Å². The molecule has 1 aromatic rings. The van der Waals surface area contributed by atoms with Crippen LogP contribution in [0.5, 0.6) is 0 Å². The Morgan fingerprint density at radius 2 is 2.38 bits per heavy atom. The number of esters is 1. The van der Waals surface area contributed by atoms with Crippen LogP contribution in [0, 0.1) is 17.0 Å². The molecule has 0 bridgehead atoms. The Morgan fingerprint density at radius 3 is 3.00 bits per heavy atom. The smallest absolute Gasteiger partial charge is 0.330 e. The molecule has 1 unspecified atom stereocenters. The Bertz CT molecular complexity index is 571. The Hall–Kier alpha value is -2.37. The van der Waals surface area contributed by atoms with Gasteiger partial charge in [-0.25, -0.2) is 4.79 Å². The lowest BCUT2D eigenvalue weighted by Gasteiger charge is -2.27. The van der Waals surface area contributed by atoms with Crippen molar-refractivity contribution in [1.29, 1.82) is 0 Å². The normalized spacial score (nSPS) is 17.6. The van der Waals surface area contributed by atoms with E-state index in [1.165, 1.54) is 6.07 Å². The number of benzene rings is 1. The Balaban J connectivity index is 2.14. The van der Waals surface area contributed by atoms with Crippen molar-refractivity contribution < 1.29 is 14.5 Å². The molecule has 6 nitrogen and oxygen atoms in total. The number of nitro benzene ring substituents is 1. The van der Waals surface area contributed by atoms with E-state index in [1.54, 1.807) is 12.1 Å². The molecule has 1 aromatic carbocycles. The van der Waals surface area contributed by atoms with Crippen LogP contribution in [0.4, 0.5) is 11.4 Å². The number of hydrogen-bond donors (Lipinski definition) is 0. The summed E-state index contributed by atoms with van der Waals surface area (Å²) in [6.45, 7) is 6.39. The zero-order chi connectivity index (χ0) is 15.4. The summed E-state index contributed by atoms with van der Waals surface area (Å²) >= 11 is 0. The van der Waals surface area contributed by atoms with Gasteiger partial charge in [0.25, 0.3) is 5.69 Å². The molecule has 0 saturated carbocycles. The average molecular weight is 290 g/mol. The zero-order valence-corrected chi connectivity index (χ0v) is 11.9. The minimum absolute atomic E-state index is 0.0880. The topological polar surface area (TPSA) is 72.7 Å². The van der Waals surface area contributed by atoms with Gasteiger partial charge in [-0.15, -0.1) is 0 Å². The van der Waals surface area contributed by atoms with Crippen LogP contribution < -0.4 is 4.90 Å². The molecule has 0 spiro atoms. The number of anilines is 1. The van der Waals surface area contributed by atoms with Crippen LogP contribution in [0.1, 0.15) is 18.4 Å². The van der Waals surface area contributed by atoms with E-state index in [1.807, 2.05) is 6.92 Å². The lowest BCUT2D eigenvalue weighted by molar-refractivity contribution is -0.384. The van der Waals surface area contributed by atoms with Gasteiger partial charge in [0.1, 0.15) is 6.61 Å². The van der Waals surface area contributed by atoms with E-state index in [0.29, 0.717) is 6.61 Å². The van der Waals surface area contributed by atoms with E-state index < -0.39 is 10.9 Å². The molecule has 0 N–H and O–H groups in total. The molecule has 0 amide bonds. The molecule has 21 heavy (non-hydrogen) atoms. The molecule has 0 radical (unpaired) electrons. The first-order valence-corrected chi connectivity index (χ1v) is 6.84. The second kappa shape index (κ2) is 6.39. The number of nitro groups is 1. The molecular formula is C15H18N2O4. The van der Waals surface area contributed by atoms with Crippen LogP contribution in [0.3, 0.4) is 0 Å². The second-order valence-electron chi connectivity index (χ2n) is 5.05. The fourth-order valence-corrected chi connectivity index (χ4v) is 2.64. The summed E-state index contributed by atoms with van der Waals surface area (Å²) < 4.78 is 5.12. The number of aryl methyl sites for hydroxylation is 1. The number of ether oxygens (including phenoxy) is 1. The maximum absolute atomic E-state index is 11.2. The largest absolute Gasteiger partial charge is 0.460 e. The SMILES string of the molecule is C=CC(=O)OCC1CCCN1c1ccc([N+](=O)[O-])cc1C. The molecule has 0 aliphatic carbocycles. The summed E-state index contributed by atoms with van der Waals surface area (Å²) in [5, 5.41) is 10.8. The first kappa shape index (κ1) is 15.0. The van der Waals surface area contributed by atoms with E-state index in [4.69, 9.17) is 4.74 Å². The molecule has 2 rings (SSSR count). The summed E-state index contributed by atoms with van der Waals surface area (Å²) in [7, 11) is 0. The average Bonchev–Trinajstić information content (AvgIpc) is 2.92. The summed E-state index contributed by atoms with van der Waals surface area (Å²) in [5.74, 6) is -0.428. The lowest BCUT2D eigenvalue weighted by Crippen LogP contribution is -2.34. The quantitative estimate of drug-likeness (QED) is 0.361. The highest BCUT2D eigenvalue weighted by Gasteiger charge is 2.27. The van der Waals surface area contributed by atoms with E-state index in [-0.39, 0.29) is 11.7 Å².